The van der Waals surface area contributed by atoms with Crippen LogP contribution in [0.2, 0.25) is 0 Å². The van der Waals surface area contributed by atoms with Gasteiger partial charge in [-0.2, -0.15) is 0 Å². The first-order chi connectivity index (χ1) is 10.6. The van der Waals surface area contributed by atoms with Gasteiger partial charge in [0.1, 0.15) is 0 Å². The largest absolute Gasteiger partial charge is 0.351 e. The predicted octanol–water partition coefficient (Wildman–Crippen LogP) is 0.896. The van der Waals surface area contributed by atoms with Crippen LogP contribution in [0.1, 0.15) is 25.7 Å². The molecule has 0 saturated carbocycles. The van der Waals surface area contributed by atoms with Gasteiger partial charge in [0.05, 0.1) is 0 Å². The molecule has 2 aliphatic rings. The highest BCUT2D eigenvalue weighted by Gasteiger charge is 2.41. The predicted molar refractivity (Wildman–Crippen MR) is 81.0 cm³/mol. The highest BCUT2D eigenvalue weighted by Crippen LogP contribution is 2.31. The quantitative estimate of drug-likeness (QED) is 0.756. The zero-order valence-corrected chi connectivity index (χ0v) is 12.3. The molecular formula is C16H19N3O3. The molecule has 0 aliphatic carbocycles. The van der Waals surface area contributed by atoms with Crippen molar-refractivity contribution >= 4 is 23.4 Å². The fourth-order valence-electron chi connectivity index (χ4n) is 3.14. The second-order valence-electron chi connectivity index (χ2n) is 5.94. The molecule has 6 nitrogen and oxygen atoms in total. The van der Waals surface area contributed by atoms with Crippen LogP contribution in [0.15, 0.2) is 30.3 Å². The van der Waals surface area contributed by atoms with Crippen molar-refractivity contribution in [3.63, 3.8) is 0 Å². The first-order valence-electron chi connectivity index (χ1n) is 7.54. The van der Waals surface area contributed by atoms with Gasteiger partial charge in [-0.15, -0.1) is 0 Å². The zero-order valence-electron chi connectivity index (χ0n) is 12.3. The second-order valence-corrected chi connectivity index (χ2v) is 5.94. The van der Waals surface area contributed by atoms with Gasteiger partial charge in [0.2, 0.25) is 5.91 Å². The topological polar surface area (TPSA) is 78.5 Å². The van der Waals surface area contributed by atoms with Gasteiger partial charge in [-0.1, -0.05) is 18.2 Å². The summed E-state index contributed by atoms with van der Waals surface area (Å²) in [6, 6.07) is 8.92. The minimum Gasteiger partial charge on any atom is -0.351 e. The number of amides is 3. The number of nitrogens with one attached hydrogen (secondary N) is 2. The van der Waals surface area contributed by atoms with Crippen LogP contribution in [0.5, 0.6) is 0 Å². The van der Waals surface area contributed by atoms with Crippen LogP contribution >= 0.6 is 0 Å². The Kier molecular flexibility index (Phi) is 3.83. The molecule has 3 amide bonds. The summed E-state index contributed by atoms with van der Waals surface area (Å²) in [5.74, 6) is -1.04. The third kappa shape index (κ3) is 2.95. The molecule has 6 heteroatoms. The van der Waals surface area contributed by atoms with E-state index in [1.54, 1.807) is 29.2 Å². The monoisotopic (exact) mass is 301 g/mol. The molecule has 2 fully saturated rings. The maximum Gasteiger partial charge on any atom is 0.313 e. The lowest BCUT2D eigenvalue weighted by molar-refractivity contribution is -0.144. The van der Waals surface area contributed by atoms with Gasteiger partial charge in [0.15, 0.2) is 0 Å². The second kappa shape index (κ2) is 5.79. The van der Waals surface area contributed by atoms with Crippen molar-refractivity contribution in [1.82, 2.24) is 10.2 Å². The van der Waals surface area contributed by atoms with E-state index in [9.17, 15) is 14.4 Å². The molecule has 116 valence electrons. The molecule has 22 heavy (non-hydrogen) atoms. The normalized spacial score (nSPS) is 19.8. The number of benzene rings is 1. The number of likely N-dealkylation sites (tertiary alicyclic amines) is 1. The molecule has 0 unspecified atom stereocenters. The van der Waals surface area contributed by atoms with Crippen molar-refractivity contribution in [2.24, 2.45) is 0 Å². The van der Waals surface area contributed by atoms with Crippen molar-refractivity contribution < 1.29 is 14.4 Å². The zero-order chi connectivity index (χ0) is 15.6. The molecule has 0 bridgehead atoms. The van der Waals surface area contributed by atoms with Gasteiger partial charge >= 0.3 is 11.8 Å². The van der Waals surface area contributed by atoms with Gasteiger partial charge in [-0.3, -0.25) is 14.4 Å². The van der Waals surface area contributed by atoms with E-state index < -0.39 is 11.8 Å². The minimum absolute atomic E-state index is 0.0848. The number of nitrogens with zero attached hydrogens (tertiary/aromatic N) is 1. The molecule has 0 aromatic heterocycles. The summed E-state index contributed by atoms with van der Waals surface area (Å²) < 4.78 is 0. The van der Waals surface area contributed by atoms with Crippen LogP contribution in [0.25, 0.3) is 0 Å². The molecule has 1 aromatic rings. The Hall–Kier alpha value is -2.37. The average Bonchev–Trinajstić information content (AvgIpc) is 2.89. The fourth-order valence-corrected chi connectivity index (χ4v) is 3.14. The number of piperidine rings is 1. The number of carbonyl (C=O) groups excluding carboxylic acids is 3. The third-order valence-corrected chi connectivity index (χ3v) is 4.47. The molecule has 2 heterocycles. The van der Waals surface area contributed by atoms with E-state index in [2.05, 4.69) is 10.6 Å². The van der Waals surface area contributed by atoms with Crippen molar-refractivity contribution in [1.29, 1.82) is 0 Å². The van der Waals surface area contributed by atoms with E-state index in [-0.39, 0.29) is 11.4 Å². The van der Waals surface area contributed by atoms with Crippen LogP contribution in [0.4, 0.5) is 5.69 Å². The standard InChI is InChI=1S/C16H19N3O3/c20-13-6-7-16(18-13)8-10-19(11-9-16)15(22)14(21)17-12-4-2-1-3-5-12/h1-5H,6-11H2,(H,17,21)(H,18,20). The number of anilines is 1. The first kappa shape index (κ1) is 14.6. The number of carbonyl (C=O) groups is 3. The van der Waals surface area contributed by atoms with Crippen molar-refractivity contribution in [3.8, 4) is 0 Å². The Bertz CT molecular complexity index is 592. The molecule has 2 N–H and O–H groups in total. The summed E-state index contributed by atoms with van der Waals surface area (Å²) in [4.78, 5) is 37.2. The molecule has 2 aliphatic heterocycles. The van der Waals surface area contributed by atoms with Crippen LogP contribution in [0.3, 0.4) is 0 Å². The summed E-state index contributed by atoms with van der Waals surface area (Å²) >= 11 is 0. The summed E-state index contributed by atoms with van der Waals surface area (Å²) in [5.41, 5.74) is 0.446. The molecule has 0 atom stereocenters. The van der Waals surface area contributed by atoms with Crippen LogP contribution < -0.4 is 10.6 Å². The molecule has 1 aromatic carbocycles. The van der Waals surface area contributed by atoms with Gasteiger partial charge in [-0.25, -0.2) is 0 Å². The molecule has 3 rings (SSSR count). The fraction of sp³-hybridized carbons (Fsp3) is 0.438. The lowest BCUT2D eigenvalue weighted by atomic mass is 9.86. The summed E-state index contributed by atoms with van der Waals surface area (Å²) in [6.45, 7) is 1.00. The lowest BCUT2D eigenvalue weighted by Gasteiger charge is -2.38. The van der Waals surface area contributed by atoms with Gasteiger partial charge in [-0.05, 0) is 31.4 Å². The number of hydrogen-bond donors (Lipinski definition) is 2. The molecular weight excluding hydrogens is 282 g/mol. The third-order valence-electron chi connectivity index (χ3n) is 4.47. The van der Waals surface area contributed by atoms with Crippen molar-refractivity contribution in [2.45, 2.75) is 31.2 Å². The summed E-state index contributed by atoms with van der Waals surface area (Å²) in [6.07, 6.45) is 2.80. The number of hydrogen-bond acceptors (Lipinski definition) is 3. The maximum atomic E-state index is 12.2. The van der Waals surface area contributed by atoms with E-state index >= 15 is 0 Å². The van der Waals surface area contributed by atoms with E-state index in [0.717, 1.165) is 6.42 Å². The van der Waals surface area contributed by atoms with E-state index in [0.29, 0.717) is 38.0 Å². The highest BCUT2D eigenvalue weighted by molar-refractivity contribution is 6.39. The highest BCUT2D eigenvalue weighted by atomic mass is 16.2. The lowest BCUT2D eigenvalue weighted by Crippen LogP contribution is -2.53. The van der Waals surface area contributed by atoms with Gasteiger partial charge < -0.3 is 15.5 Å². The SMILES string of the molecule is O=C1CCC2(CCN(C(=O)C(=O)Nc3ccccc3)CC2)N1. The Balaban J connectivity index is 1.55. The Morgan fingerprint density at radius 1 is 1.09 bits per heavy atom. The van der Waals surface area contributed by atoms with Crippen LogP contribution in [-0.2, 0) is 14.4 Å². The van der Waals surface area contributed by atoms with Crippen LogP contribution in [0, 0.1) is 0 Å². The van der Waals surface area contributed by atoms with Gasteiger partial charge in [0, 0.05) is 30.7 Å². The Morgan fingerprint density at radius 3 is 2.36 bits per heavy atom. The number of para-hydroxylation sites is 1. The van der Waals surface area contributed by atoms with Crippen molar-refractivity contribution in [2.75, 3.05) is 18.4 Å². The Morgan fingerprint density at radius 2 is 1.77 bits per heavy atom. The Labute approximate surface area is 128 Å². The average molecular weight is 301 g/mol. The van der Waals surface area contributed by atoms with E-state index in [4.69, 9.17) is 0 Å². The minimum atomic E-state index is -0.613. The van der Waals surface area contributed by atoms with E-state index in [1.807, 2.05) is 6.07 Å². The number of rotatable bonds is 1. The van der Waals surface area contributed by atoms with Gasteiger partial charge in [0.25, 0.3) is 0 Å². The van der Waals surface area contributed by atoms with Crippen molar-refractivity contribution in [3.05, 3.63) is 30.3 Å². The first-order valence-corrected chi connectivity index (χ1v) is 7.54. The molecule has 1 spiro atoms. The maximum absolute atomic E-state index is 12.2. The molecule has 0 radical (unpaired) electrons. The van der Waals surface area contributed by atoms with E-state index in [1.165, 1.54) is 0 Å². The molecule has 2 saturated heterocycles. The van der Waals surface area contributed by atoms with Crippen LogP contribution in [-0.4, -0.2) is 41.2 Å². The smallest absolute Gasteiger partial charge is 0.313 e. The summed E-state index contributed by atoms with van der Waals surface area (Å²) in [7, 11) is 0. The summed E-state index contributed by atoms with van der Waals surface area (Å²) in [5, 5.41) is 5.63.